The topological polar surface area (TPSA) is 122 Å². The number of nitrogens with zero attached hydrogens (tertiary/aromatic N) is 1. The Kier molecular flexibility index (Phi) is 6.52. The molecule has 182 valence electrons. The van der Waals surface area contributed by atoms with Crippen molar-refractivity contribution in [3.05, 3.63) is 0 Å². The summed E-state index contributed by atoms with van der Waals surface area (Å²) in [4.78, 5) is 50.7. The molecule has 32 heavy (non-hydrogen) atoms. The monoisotopic (exact) mass is 462 g/mol. The third-order valence-electron chi connectivity index (χ3n) is 6.90. The van der Waals surface area contributed by atoms with E-state index in [0.717, 1.165) is 4.90 Å². The molecule has 2 fully saturated rings. The van der Waals surface area contributed by atoms with Crippen LogP contribution in [0.5, 0.6) is 0 Å². The molecule has 4 N–H and O–H groups in total. The fourth-order valence-corrected chi connectivity index (χ4v) is 4.61. The summed E-state index contributed by atoms with van der Waals surface area (Å²) in [5.41, 5.74) is 4.00. The van der Waals surface area contributed by atoms with E-state index in [2.05, 4.69) is 5.32 Å². The highest BCUT2D eigenvalue weighted by Crippen LogP contribution is 2.66. The molecule has 1 aliphatic heterocycles. The Bertz CT molecular complexity index is 806. The van der Waals surface area contributed by atoms with Gasteiger partial charge in [-0.25, -0.2) is 0 Å². The normalized spacial score (nSPS) is 28.6. The number of carbonyl (C=O) groups is 4. The molecule has 0 aromatic carbocycles. The standard InChI is InChI=1S/C21H33F3N4O4/c1-10(2)11(8-29)26-15(30)12-13-19(6,7)20(13,25)9-28(12)16(31)14(18(3,4)5)27-17(32)21(22,23)24/h8,10-14H,9,25H2,1-7H3,(H,26,30)(H,27,32)/t11-,12+,13+,14-,20-/m1/s1. The molecule has 0 spiro atoms. The van der Waals surface area contributed by atoms with E-state index >= 15 is 0 Å². The van der Waals surface area contributed by atoms with Crippen molar-refractivity contribution in [3.63, 3.8) is 0 Å². The first-order chi connectivity index (χ1) is 14.3. The largest absolute Gasteiger partial charge is 0.471 e. The Morgan fingerprint density at radius 1 is 1.12 bits per heavy atom. The summed E-state index contributed by atoms with van der Waals surface area (Å²) in [6.07, 6.45) is -4.57. The van der Waals surface area contributed by atoms with Crippen molar-refractivity contribution in [2.75, 3.05) is 6.54 Å². The number of piperidine rings is 1. The number of fused-ring (bicyclic) bond motifs is 1. The van der Waals surface area contributed by atoms with Gasteiger partial charge in [0, 0.05) is 18.0 Å². The Labute approximate surface area is 185 Å². The van der Waals surface area contributed by atoms with Crippen LogP contribution in [0.1, 0.15) is 48.5 Å². The minimum absolute atomic E-state index is 0.0521. The van der Waals surface area contributed by atoms with Crippen LogP contribution in [-0.2, 0) is 19.2 Å². The maximum absolute atomic E-state index is 13.4. The van der Waals surface area contributed by atoms with Crippen molar-refractivity contribution in [1.29, 1.82) is 0 Å². The highest BCUT2D eigenvalue weighted by Gasteiger charge is 2.78. The van der Waals surface area contributed by atoms with E-state index in [1.807, 2.05) is 13.8 Å². The zero-order chi connectivity index (χ0) is 25.0. The second-order valence-electron chi connectivity index (χ2n) is 10.8. The highest BCUT2D eigenvalue weighted by atomic mass is 19.4. The zero-order valence-electron chi connectivity index (χ0n) is 19.5. The van der Waals surface area contributed by atoms with Gasteiger partial charge in [-0.1, -0.05) is 48.5 Å². The maximum atomic E-state index is 13.4. The molecule has 2 rings (SSSR count). The van der Waals surface area contributed by atoms with Crippen molar-refractivity contribution in [2.24, 2.45) is 28.4 Å². The van der Waals surface area contributed by atoms with Gasteiger partial charge < -0.3 is 26.1 Å². The first-order valence-electron chi connectivity index (χ1n) is 10.5. The van der Waals surface area contributed by atoms with E-state index < -0.39 is 64.3 Å². The van der Waals surface area contributed by atoms with Gasteiger partial charge in [-0.15, -0.1) is 0 Å². The zero-order valence-corrected chi connectivity index (χ0v) is 19.5. The summed E-state index contributed by atoms with van der Waals surface area (Å²) >= 11 is 0. The lowest BCUT2D eigenvalue weighted by atomic mass is 9.85. The number of nitrogens with two attached hydrogens (primary N) is 1. The number of hydrogen-bond donors (Lipinski definition) is 3. The third-order valence-corrected chi connectivity index (χ3v) is 6.90. The molecule has 11 heteroatoms. The van der Waals surface area contributed by atoms with Crippen LogP contribution in [0.3, 0.4) is 0 Å². The smallest absolute Gasteiger partial charge is 0.345 e. The highest BCUT2D eigenvalue weighted by molar-refractivity contribution is 5.95. The minimum Gasteiger partial charge on any atom is -0.345 e. The predicted molar refractivity (Wildman–Crippen MR) is 110 cm³/mol. The van der Waals surface area contributed by atoms with Crippen molar-refractivity contribution < 1.29 is 32.3 Å². The number of amides is 3. The van der Waals surface area contributed by atoms with Crippen molar-refractivity contribution in [3.8, 4) is 0 Å². The van der Waals surface area contributed by atoms with E-state index in [0.29, 0.717) is 6.29 Å². The summed E-state index contributed by atoms with van der Waals surface area (Å²) < 4.78 is 38.6. The molecule has 1 saturated heterocycles. The van der Waals surface area contributed by atoms with Gasteiger partial charge in [0.2, 0.25) is 11.8 Å². The summed E-state index contributed by atoms with van der Waals surface area (Å²) in [7, 11) is 0. The molecular weight excluding hydrogens is 429 g/mol. The Morgan fingerprint density at radius 2 is 1.66 bits per heavy atom. The summed E-state index contributed by atoms with van der Waals surface area (Å²) in [5.74, 6) is -4.31. The molecule has 0 aromatic rings. The van der Waals surface area contributed by atoms with E-state index in [9.17, 15) is 32.3 Å². The third kappa shape index (κ3) is 4.35. The van der Waals surface area contributed by atoms with Crippen molar-refractivity contribution in [1.82, 2.24) is 15.5 Å². The second kappa shape index (κ2) is 8.00. The van der Waals surface area contributed by atoms with Gasteiger partial charge in [0.25, 0.3) is 0 Å². The van der Waals surface area contributed by atoms with Gasteiger partial charge >= 0.3 is 12.1 Å². The molecule has 0 radical (unpaired) electrons. The SMILES string of the molecule is CC(C)[C@@H](C=O)NC(=O)[C@@H]1[C@H]2C(C)(C)[C@@]2(N)CN1C(=O)[C@@H](NC(=O)C(F)(F)F)C(C)(C)C. The molecule has 5 atom stereocenters. The van der Waals surface area contributed by atoms with Crippen LogP contribution >= 0.6 is 0 Å². The molecular formula is C21H33F3N4O4. The summed E-state index contributed by atoms with van der Waals surface area (Å²) in [6.45, 7) is 11.7. The first kappa shape index (κ1) is 26.1. The van der Waals surface area contributed by atoms with Gasteiger partial charge in [0.05, 0.1) is 6.04 Å². The molecule has 1 heterocycles. The average Bonchev–Trinajstić information content (AvgIpc) is 2.91. The Balaban J connectivity index is 2.39. The van der Waals surface area contributed by atoms with Gasteiger partial charge in [0.1, 0.15) is 18.4 Å². The van der Waals surface area contributed by atoms with Gasteiger partial charge in [-0.05, 0) is 16.7 Å². The van der Waals surface area contributed by atoms with Crippen molar-refractivity contribution >= 4 is 24.0 Å². The minimum atomic E-state index is -5.17. The quantitative estimate of drug-likeness (QED) is 0.508. The van der Waals surface area contributed by atoms with Crippen LogP contribution in [-0.4, -0.2) is 65.3 Å². The first-order valence-corrected chi connectivity index (χ1v) is 10.5. The molecule has 0 unspecified atom stereocenters. The maximum Gasteiger partial charge on any atom is 0.471 e. The average molecular weight is 463 g/mol. The number of halogens is 3. The van der Waals surface area contributed by atoms with Gasteiger partial charge in [-0.2, -0.15) is 13.2 Å². The molecule has 2 aliphatic rings. The second-order valence-corrected chi connectivity index (χ2v) is 10.8. The summed E-state index contributed by atoms with van der Waals surface area (Å²) in [6, 6.07) is -3.41. The Hall–Kier alpha value is -2.17. The van der Waals surface area contributed by atoms with Crippen LogP contribution in [0.15, 0.2) is 0 Å². The molecule has 8 nitrogen and oxygen atoms in total. The van der Waals surface area contributed by atoms with Gasteiger partial charge in [0.15, 0.2) is 0 Å². The molecule has 1 aliphatic carbocycles. The van der Waals surface area contributed by atoms with E-state index in [4.69, 9.17) is 5.73 Å². The van der Waals surface area contributed by atoms with Crippen LogP contribution in [0, 0.1) is 22.7 Å². The lowest BCUT2D eigenvalue weighted by molar-refractivity contribution is -0.176. The molecule has 3 amide bonds. The molecule has 0 aromatic heterocycles. The van der Waals surface area contributed by atoms with Crippen LogP contribution < -0.4 is 16.4 Å². The Morgan fingerprint density at radius 3 is 2.06 bits per heavy atom. The van der Waals surface area contributed by atoms with Crippen LogP contribution in [0.2, 0.25) is 0 Å². The van der Waals surface area contributed by atoms with Crippen LogP contribution in [0.4, 0.5) is 13.2 Å². The van der Waals surface area contributed by atoms with E-state index in [1.165, 1.54) is 20.8 Å². The van der Waals surface area contributed by atoms with E-state index in [-0.39, 0.29) is 12.5 Å². The fraction of sp³-hybridized carbons (Fsp3) is 0.810. The fourth-order valence-electron chi connectivity index (χ4n) is 4.61. The number of nitrogens with one attached hydrogen (secondary N) is 2. The number of likely N-dealkylation sites (tertiary alicyclic amines) is 1. The predicted octanol–water partition coefficient (Wildman–Crippen LogP) is 0.984. The van der Waals surface area contributed by atoms with Crippen molar-refractivity contribution in [2.45, 2.75) is 78.3 Å². The van der Waals surface area contributed by atoms with Gasteiger partial charge in [-0.3, -0.25) is 14.4 Å². The number of rotatable bonds is 6. The van der Waals surface area contributed by atoms with Crippen LogP contribution in [0.25, 0.3) is 0 Å². The lowest BCUT2D eigenvalue weighted by Crippen LogP contribution is -2.61. The molecule has 1 saturated carbocycles. The number of carbonyl (C=O) groups excluding carboxylic acids is 4. The number of hydrogen-bond acceptors (Lipinski definition) is 5. The number of aldehydes is 1. The van der Waals surface area contributed by atoms with E-state index in [1.54, 1.807) is 19.2 Å². The summed E-state index contributed by atoms with van der Waals surface area (Å²) in [5, 5.41) is 4.41. The number of alkyl halides is 3. The molecule has 0 bridgehead atoms. The lowest BCUT2D eigenvalue weighted by Gasteiger charge is -2.38.